The van der Waals surface area contributed by atoms with Crippen LogP contribution in [-0.4, -0.2) is 9.97 Å². The van der Waals surface area contributed by atoms with Crippen molar-refractivity contribution in [3.63, 3.8) is 0 Å². The van der Waals surface area contributed by atoms with Crippen molar-refractivity contribution in [1.82, 2.24) is 9.97 Å². The van der Waals surface area contributed by atoms with Crippen LogP contribution in [0.4, 0.5) is 5.69 Å². The third kappa shape index (κ3) is 1.21. The maximum absolute atomic E-state index is 5.68. The molecule has 3 rings (SSSR count). The molecule has 72 valence electrons. The topological polar surface area (TPSA) is 51.8 Å². The second-order valence-corrected chi connectivity index (χ2v) is 3.48. The fourth-order valence-electron chi connectivity index (χ4n) is 1.75. The summed E-state index contributed by atoms with van der Waals surface area (Å²) in [5.74, 6) is 0. The highest BCUT2D eigenvalue weighted by Crippen LogP contribution is 2.22. The molecule has 2 N–H and O–H groups in total. The van der Waals surface area contributed by atoms with Gasteiger partial charge in [0.1, 0.15) is 0 Å². The van der Waals surface area contributed by atoms with Gasteiger partial charge in [-0.25, -0.2) is 0 Å². The number of hydrogen-bond donors (Lipinski definition) is 1. The Labute approximate surface area is 86.6 Å². The van der Waals surface area contributed by atoms with Gasteiger partial charge in [0.2, 0.25) is 0 Å². The van der Waals surface area contributed by atoms with E-state index < -0.39 is 0 Å². The van der Waals surface area contributed by atoms with Crippen molar-refractivity contribution >= 4 is 27.5 Å². The smallest absolute Gasteiger partial charge is 0.0813 e. The molecule has 0 saturated heterocycles. The Bertz CT molecular complexity index is 646. The van der Waals surface area contributed by atoms with Crippen molar-refractivity contribution in [2.45, 2.75) is 0 Å². The minimum absolute atomic E-state index is 0.666. The molecule has 0 unspecified atom stereocenters. The fourth-order valence-corrected chi connectivity index (χ4v) is 1.75. The zero-order chi connectivity index (χ0) is 10.3. The first-order chi connectivity index (χ1) is 7.34. The fraction of sp³-hybridized carbons (Fsp3) is 0. The quantitative estimate of drug-likeness (QED) is 0.560. The molecule has 2 aromatic heterocycles. The molecular formula is C12H9N3. The molecule has 0 amide bonds. The number of nitrogens with zero attached hydrogens (tertiary/aromatic N) is 2. The minimum atomic E-state index is 0.666. The summed E-state index contributed by atoms with van der Waals surface area (Å²) in [6.07, 6.45) is 3.48. The van der Waals surface area contributed by atoms with Gasteiger partial charge in [-0.05, 0) is 12.1 Å². The monoisotopic (exact) mass is 195 g/mol. The van der Waals surface area contributed by atoms with Gasteiger partial charge in [0.15, 0.2) is 0 Å². The molecule has 0 aliphatic carbocycles. The molecule has 1 aromatic carbocycles. The summed E-state index contributed by atoms with van der Waals surface area (Å²) in [4.78, 5) is 8.70. The molecule has 0 aliphatic heterocycles. The first-order valence-corrected chi connectivity index (χ1v) is 4.73. The van der Waals surface area contributed by atoms with E-state index in [9.17, 15) is 0 Å². The van der Waals surface area contributed by atoms with Gasteiger partial charge >= 0.3 is 0 Å². The number of para-hydroxylation sites is 1. The third-order valence-corrected chi connectivity index (χ3v) is 2.44. The van der Waals surface area contributed by atoms with Crippen molar-refractivity contribution in [2.24, 2.45) is 0 Å². The number of benzene rings is 1. The van der Waals surface area contributed by atoms with Crippen LogP contribution in [0.1, 0.15) is 0 Å². The predicted octanol–water partition coefficient (Wildman–Crippen LogP) is 2.37. The van der Waals surface area contributed by atoms with E-state index in [0.717, 1.165) is 21.8 Å². The maximum atomic E-state index is 5.68. The molecule has 0 bridgehead atoms. The maximum Gasteiger partial charge on any atom is 0.0813 e. The number of hydrogen-bond acceptors (Lipinski definition) is 3. The Hall–Kier alpha value is -2.16. The number of nitrogens with two attached hydrogens (primary N) is 1. The summed E-state index contributed by atoms with van der Waals surface area (Å²) in [7, 11) is 0. The molecule has 0 spiro atoms. The van der Waals surface area contributed by atoms with E-state index in [-0.39, 0.29) is 0 Å². The summed E-state index contributed by atoms with van der Waals surface area (Å²) in [6, 6.07) is 9.85. The van der Waals surface area contributed by atoms with Crippen LogP contribution in [0.3, 0.4) is 0 Å². The van der Waals surface area contributed by atoms with Crippen LogP contribution in [0, 0.1) is 0 Å². The lowest BCUT2D eigenvalue weighted by Crippen LogP contribution is -1.89. The van der Waals surface area contributed by atoms with Crippen LogP contribution in [0.2, 0.25) is 0 Å². The molecule has 0 fully saturated rings. The first kappa shape index (κ1) is 8.17. The Morgan fingerprint density at radius 2 is 1.87 bits per heavy atom. The molecule has 3 nitrogen and oxygen atoms in total. The van der Waals surface area contributed by atoms with Crippen molar-refractivity contribution in [3.8, 4) is 0 Å². The van der Waals surface area contributed by atoms with E-state index >= 15 is 0 Å². The number of rotatable bonds is 0. The lowest BCUT2D eigenvalue weighted by Gasteiger charge is -2.02. The van der Waals surface area contributed by atoms with Gasteiger partial charge in [0.25, 0.3) is 0 Å². The van der Waals surface area contributed by atoms with Gasteiger partial charge in [0.05, 0.1) is 22.9 Å². The lowest BCUT2D eigenvalue weighted by atomic mass is 10.1. The number of nitrogen functional groups attached to an aromatic ring is 1. The van der Waals surface area contributed by atoms with Crippen molar-refractivity contribution in [1.29, 1.82) is 0 Å². The highest BCUT2D eigenvalue weighted by Gasteiger charge is 2.01. The Kier molecular flexibility index (Phi) is 1.59. The summed E-state index contributed by atoms with van der Waals surface area (Å²) in [5.41, 5.74) is 8.26. The summed E-state index contributed by atoms with van der Waals surface area (Å²) in [6.45, 7) is 0. The Morgan fingerprint density at radius 3 is 2.80 bits per heavy atom. The van der Waals surface area contributed by atoms with Crippen molar-refractivity contribution < 1.29 is 0 Å². The molecule has 2 heterocycles. The van der Waals surface area contributed by atoms with Gasteiger partial charge in [-0.2, -0.15) is 0 Å². The van der Waals surface area contributed by atoms with Crippen molar-refractivity contribution in [2.75, 3.05) is 5.73 Å². The molecule has 0 saturated carbocycles. The van der Waals surface area contributed by atoms with Gasteiger partial charge in [-0.3, -0.25) is 9.97 Å². The lowest BCUT2D eigenvalue weighted by molar-refractivity contribution is 1.38. The van der Waals surface area contributed by atoms with Gasteiger partial charge in [-0.1, -0.05) is 18.2 Å². The average Bonchev–Trinajstić information content (AvgIpc) is 2.28. The standard InChI is InChI=1S/C12H9N3/c13-9-5-8-6-14-11-4-2-1-3-10(11)12(8)15-7-9/h1-7H,13H2. The van der Waals surface area contributed by atoms with E-state index in [1.807, 2.05) is 30.3 Å². The normalized spacial score (nSPS) is 10.9. The molecule has 15 heavy (non-hydrogen) atoms. The summed E-state index contributed by atoms with van der Waals surface area (Å²) in [5, 5.41) is 2.05. The average molecular weight is 195 g/mol. The minimum Gasteiger partial charge on any atom is -0.397 e. The van der Waals surface area contributed by atoms with Crippen LogP contribution >= 0.6 is 0 Å². The van der Waals surface area contributed by atoms with E-state index in [0.29, 0.717) is 5.69 Å². The van der Waals surface area contributed by atoms with Crippen molar-refractivity contribution in [3.05, 3.63) is 42.7 Å². The Balaban J connectivity index is 2.55. The Morgan fingerprint density at radius 1 is 1.00 bits per heavy atom. The zero-order valence-corrected chi connectivity index (χ0v) is 8.01. The largest absolute Gasteiger partial charge is 0.397 e. The predicted molar refractivity (Wildman–Crippen MR) is 61.5 cm³/mol. The van der Waals surface area contributed by atoms with E-state index in [2.05, 4.69) is 9.97 Å². The van der Waals surface area contributed by atoms with Gasteiger partial charge in [0, 0.05) is 17.0 Å². The van der Waals surface area contributed by atoms with Crippen LogP contribution in [0.5, 0.6) is 0 Å². The SMILES string of the molecule is Nc1cnc2c(cnc3ccccc32)c1. The van der Waals surface area contributed by atoms with E-state index in [1.165, 1.54) is 0 Å². The van der Waals surface area contributed by atoms with E-state index in [1.54, 1.807) is 12.4 Å². The first-order valence-electron chi connectivity index (χ1n) is 4.73. The molecule has 0 aliphatic rings. The second-order valence-electron chi connectivity index (χ2n) is 3.48. The van der Waals surface area contributed by atoms with Crippen LogP contribution in [-0.2, 0) is 0 Å². The van der Waals surface area contributed by atoms with Crippen LogP contribution in [0.15, 0.2) is 42.7 Å². The number of pyridine rings is 2. The summed E-state index contributed by atoms with van der Waals surface area (Å²) < 4.78 is 0. The number of aromatic nitrogens is 2. The van der Waals surface area contributed by atoms with E-state index in [4.69, 9.17) is 5.73 Å². The molecule has 0 atom stereocenters. The highest BCUT2D eigenvalue weighted by molar-refractivity contribution is 6.03. The zero-order valence-electron chi connectivity index (χ0n) is 8.01. The molecule has 3 heteroatoms. The third-order valence-electron chi connectivity index (χ3n) is 2.44. The molecule has 0 radical (unpaired) electrons. The highest BCUT2D eigenvalue weighted by atomic mass is 14.7. The molecule has 3 aromatic rings. The number of fused-ring (bicyclic) bond motifs is 3. The summed E-state index contributed by atoms with van der Waals surface area (Å²) >= 11 is 0. The second kappa shape index (κ2) is 2.92. The number of anilines is 1. The molecular weight excluding hydrogens is 186 g/mol. The van der Waals surface area contributed by atoms with Crippen LogP contribution in [0.25, 0.3) is 21.8 Å². The van der Waals surface area contributed by atoms with Gasteiger partial charge < -0.3 is 5.73 Å². The van der Waals surface area contributed by atoms with Crippen LogP contribution < -0.4 is 5.73 Å². The van der Waals surface area contributed by atoms with Gasteiger partial charge in [-0.15, -0.1) is 0 Å².